The lowest BCUT2D eigenvalue weighted by Gasteiger charge is -2.43. The van der Waals surface area contributed by atoms with E-state index in [-0.39, 0.29) is 35.3 Å². The van der Waals surface area contributed by atoms with Gasteiger partial charge in [-0.3, -0.25) is 4.90 Å². The number of ether oxygens (including phenoxy) is 4. The van der Waals surface area contributed by atoms with Crippen LogP contribution < -0.4 is 24.4 Å². The highest BCUT2D eigenvalue weighted by Gasteiger charge is 2.31. The standard InChI is InChI=1S/C34H44F2N6O5/c1-22-17-29(45-6)31(36)26(30(22)35)21-46-25-19-37-32(38-20-25)39-23-7-8-27(28(18-23)44-5)41-11-9-24(10-12-41)40-13-15-42(16-14-40)33(43)47-34(2,3)4/h7-8,17-20,24H,9-16,21H2,1-6H3,(H,37,38,39). The number of carbonyl (C=O) groups excluding carboxylic acids is 1. The summed E-state index contributed by atoms with van der Waals surface area (Å²) in [6, 6.07) is 7.66. The minimum absolute atomic E-state index is 0.0451. The smallest absolute Gasteiger partial charge is 0.410 e. The zero-order valence-corrected chi connectivity index (χ0v) is 27.9. The van der Waals surface area contributed by atoms with Gasteiger partial charge < -0.3 is 34.1 Å². The van der Waals surface area contributed by atoms with Crippen LogP contribution in [0.2, 0.25) is 0 Å². The van der Waals surface area contributed by atoms with E-state index in [1.165, 1.54) is 32.5 Å². The number of methoxy groups -OCH3 is 2. The Bertz CT molecular complexity index is 1540. The first-order chi connectivity index (χ1) is 22.5. The van der Waals surface area contributed by atoms with Gasteiger partial charge in [0.15, 0.2) is 17.3 Å². The van der Waals surface area contributed by atoms with Gasteiger partial charge in [0.1, 0.15) is 23.8 Å². The van der Waals surface area contributed by atoms with Crippen LogP contribution in [0.3, 0.4) is 0 Å². The molecule has 2 saturated heterocycles. The molecule has 5 rings (SSSR count). The number of nitrogens with zero attached hydrogens (tertiary/aromatic N) is 5. The number of halogens is 2. The third-order valence-electron chi connectivity index (χ3n) is 8.39. The third kappa shape index (κ3) is 8.31. The van der Waals surface area contributed by atoms with Crippen molar-refractivity contribution in [1.82, 2.24) is 19.8 Å². The van der Waals surface area contributed by atoms with E-state index < -0.39 is 17.2 Å². The summed E-state index contributed by atoms with van der Waals surface area (Å²) in [7, 11) is 2.98. The quantitative estimate of drug-likeness (QED) is 0.299. The van der Waals surface area contributed by atoms with Gasteiger partial charge in [0, 0.05) is 57.1 Å². The fraction of sp³-hybridized carbons (Fsp3) is 0.500. The van der Waals surface area contributed by atoms with Crippen LogP contribution in [0.25, 0.3) is 0 Å². The molecule has 3 aromatic rings. The molecule has 0 saturated carbocycles. The van der Waals surface area contributed by atoms with Crippen LogP contribution in [0.4, 0.5) is 30.9 Å². The maximum Gasteiger partial charge on any atom is 0.410 e. The second-order valence-electron chi connectivity index (χ2n) is 12.8. The van der Waals surface area contributed by atoms with Gasteiger partial charge in [-0.1, -0.05) is 0 Å². The van der Waals surface area contributed by atoms with Gasteiger partial charge in [-0.15, -0.1) is 0 Å². The normalized spacial score (nSPS) is 16.2. The number of carbonyl (C=O) groups is 1. The number of benzene rings is 2. The molecule has 0 radical (unpaired) electrons. The zero-order valence-electron chi connectivity index (χ0n) is 27.9. The molecule has 1 amide bonds. The summed E-state index contributed by atoms with van der Waals surface area (Å²) >= 11 is 0. The lowest BCUT2D eigenvalue weighted by molar-refractivity contribution is 0.00901. The van der Waals surface area contributed by atoms with Crippen molar-refractivity contribution < 1.29 is 32.5 Å². The average molecular weight is 655 g/mol. The topological polar surface area (TPSA) is 102 Å². The summed E-state index contributed by atoms with van der Waals surface area (Å²) in [5.41, 5.74) is 1.31. The molecular weight excluding hydrogens is 610 g/mol. The Labute approximate surface area is 274 Å². The molecule has 2 aliphatic rings. The van der Waals surface area contributed by atoms with E-state index in [0.29, 0.717) is 25.1 Å². The van der Waals surface area contributed by atoms with Crippen LogP contribution in [0, 0.1) is 18.6 Å². The summed E-state index contributed by atoms with van der Waals surface area (Å²) in [5, 5.41) is 3.17. The highest BCUT2D eigenvalue weighted by Crippen LogP contribution is 2.35. The summed E-state index contributed by atoms with van der Waals surface area (Å²) in [4.78, 5) is 27.7. The van der Waals surface area contributed by atoms with Crippen molar-refractivity contribution >= 4 is 23.4 Å². The number of aryl methyl sites for hydroxylation is 1. The SMILES string of the molecule is COc1cc(Nc2ncc(OCc3c(F)c(C)cc(OC)c3F)cn2)ccc1N1CCC(N2CCN(C(=O)OC(C)(C)C)CC2)CC1. The molecule has 2 aliphatic heterocycles. The number of hydrogen-bond donors (Lipinski definition) is 1. The number of rotatable bonds is 9. The van der Waals surface area contributed by atoms with Crippen molar-refractivity contribution in [3.05, 3.63) is 59.4 Å². The predicted molar refractivity (Wildman–Crippen MR) is 175 cm³/mol. The van der Waals surface area contributed by atoms with E-state index in [0.717, 1.165) is 56.1 Å². The largest absolute Gasteiger partial charge is 0.495 e. The van der Waals surface area contributed by atoms with Gasteiger partial charge in [0.25, 0.3) is 0 Å². The van der Waals surface area contributed by atoms with Crippen molar-refractivity contribution in [2.45, 2.75) is 58.8 Å². The molecule has 0 bridgehead atoms. The minimum atomic E-state index is -0.799. The number of anilines is 3. The first-order valence-corrected chi connectivity index (χ1v) is 15.8. The van der Waals surface area contributed by atoms with Crippen LogP contribution in [0.15, 0.2) is 36.7 Å². The van der Waals surface area contributed by atoms with Crippen molar-refractivity contribution in [3.8, 4) is 17.2 Å². The lowest BCUT2D eigenvalue weighted by atomic mass is 10.0. The van der Waals surface area contributed by atoms with Crippen molar-refractivity contribution in [2.24, 2.45) is 0 Å². The summed E-state index contributed by atoms with van der Waals surface area (Å²) in [5.74, 6) is -0.204. The molecule has 2 fully saturated rings. The molecule has 0 unspecified atom stereocenters. The van der Waals surface area contributed by atoms with Crippen LogP contribution >= 0.6 is 0 Å². The highest BCUT2D eigenvalue weighted by molar-refractivity contribution is 5.68. The van der Waals surface area contributed by atoms with Gasteiger partial charge >= 0.3 is 6.09 Å². The molecule has 0 spiro atoms. The number of hydrogen-bond acceptors (Lipinski definition) is 10. The molecule has 3 heterocycles. The Hall–Kier alpha value is -4.39. The number of aromatic nitrogens is 2. The zero-order chi connectivity index (χ0) is 33.7. The van der Waals surface area contributed by atoms with Crippen LogP contribution in [-0.4, -0.2) is 91.0 Å². The molecule has 1 N–H and O–H groups in total. The minimum Gasteiger partial charge on any atom is -0.495 e. The summed E-state index contributed by atoms with van der Waals surface area (Å²) < 4.78 is 51.0. The monoisotopic (exact) mass is 654 g/mol. The van der Waals surface area contributed by atoms with E-state index in [1.54, 1.807) is 12.0 Å². The van der Waals surface area contributed by atoms with E-state index in [2.05, 4.69) is 25.1 Å². The Balaban J connectivity index is 1.13. The van der Waals surface area contributed by atoms with Gasteiger partial charge in [-0.05, 0) is 64.3 Å². The second kappa shape index (κ2) is 14.6. The number of piperazine rings is 1. The molecule has 13 heteroatoms. The Morgan fingerprint density at radius 1 is 0.936 bits per heavy atom. The van der Waals surface area contributed by atoms with Gasteiger partial charge in [0.2, 0.25) is 5.95 Å². The average Bonchev–Trinajstić information content (AvgIpc) is 3.06. The fourth-order valence-electron chi connectivity index (χ4n) is 5.91. The summed E-state index contributed by atoms with van der Waals surface area (Å²) in [6.45, 7) is 11.7. The van der Waals surface area contributed by atoms with Crippen LogP contribution in [0.5, 0.6) is 17.2 Å². The van der Waals surface area contributed by atoms with Crippen molar-refractivity contribution in [2.75, 3.05) is 63.7 Å². The highest BCUT2D eigenvalue weighted by atomic mass is 19.1. The molecule has 1 aromatic heterocycles. The van der Waals surface area contributed by atoms with Crippen LogP contribution in [-0.2, 0) is 11.3 Å². The van der Waals surface area contributed by atoms with E-state index in [9.17, 15) is 13.6 Å². The van der Waals surface area contributed by atoms with Crippen molar-refractivity contribution in [1.29, 1.82) is 0 Å². The van der Waals surface area contributed by atoms with E-state index in [4.69, 9.17) is 18.9 Å². The van der Waals surface area contributed by atoms with Gasteiger partial charge in [0.05, 0.1) is 37.9 Å². The van der Waals surface area contributed by atoms with Crippen molar-refractivity contribution in [3.63, 3.8) is 0 Å². The molecular formula is C34H44F2N6O5. The molecule has 11 nitrogen and oxygen atoms in total. The molecule has 0 atom stereocenters. The maximum atomic E-state index is 14.6. The Morgan fingerprint density at radius 2 is 1.60 bits per heavy atom. The first kappa shape index (κ1) is 34.0. The number of piperidine rings is 1. The summed E-state index contributed by atoms with van der Waals surface area (Å²) in [6.07, 6.45) is 4.68. The van der Waals surface area contributed by atoms with Gasteiger partial charge in [-0.2, -0.15) is 0 Å². The molecule has 0 aliphatic carbocycles. The Morgan fingerprint density at radius 3 is 2.21 bits per heavy atom. The lowest BCUT2D eigenvalue weighted by Crippen LogP contribution is -2.55. The number of nitrogens with one attached hydrogen (secondary N) is 1. The first-order valence-electron chi connectivity index (χ1n) is 15.8. The van der Waals surface area contributed by atoms with Crippen LogP contribution in [0.1, 0.15) is 44.7 Å². The fourth-order valence-corrected chi connectivity index (χ4v) is 5.91. The maximum absolute atomic E-state index is 14.6. The number of amides is 1. The predicted octanol–water partition coefficient (Wildman–Crippen LogP) is 5.92. The van der Waals surface area contributed by atoms with Gasteiger partial charge in [-0.25, -0.2) is 23.5 Å². The molecule has 254 valence electrons. The second-order valence-corrected chi connectivity index (χ2v) is 12.8. The van der Waals surface area contributed by atoms with E-state index >= 15 is 0 Å². The van der Waals surface area contributed by atoms with E-state index in [1.807, 2.05) is 39.0 Å². The molecule has 47 heavy (non-hydrogen) atoms. The third-order valence-corrected chi connectivity index (χ3v) is 8.39. The Kier molecular flexibility index (Phi) is 10.5. The molecule has 2 aromatic carbocycles.